The lowest BCUT2D eigenvalue weighted by molar-refractivity contribution is 0.548. The largest absolute Gasteiger partial charge is 0.321 e. The number of hydrogen-bond acceptors (Lipinski definition) is 4. The fraction of sp³-hybridized carbons (Fsp3) is 0.167. The van der Waals surface area contributed by atoms with E-state index in [-0.39, 0.29) is 12.1 Å². The number of hydrogen-bond donors (Lipinski definition) is 2. The summed E-state index contributed by atoms with van der Waals surface area (Å²) in [6, 6.07) is 10.6. The van der Waals surface area contributed by atoms with Crippen molar-refractivity contribution in [3.63, 3.8) is 0 Å². The molecule has 0 aliphatic heterocycles. The number of pyridine rings is 2. The van der Waals surface area contributed by atoms with E-state index >= 15 is 0 Å². The Morgan fingerprint density at radius 2 is 1.19 bits per heavy atom. The van der Waals surface area contributed by atoms with Crippen molar-refractivity contribution in [1.82, 2.24) is 9.97 Å². The van der Waals surface area contributed by atoms with E-state index in [9.17, 15) is 0 Å². The highest BCUT2D eigenvalue weighted by molar-refractivity contribution is 5.17. The summed E-state index contributed by atoms with van der Waals surface area (Å²) in [4.78, 5) is 8.38. The van der Waals surface area contributed by atoms with Crippen LogP contribution in [0.3, 0.4) is 0 Å². The minimum atomic E-state index is -0.337. The fourth-order valence-electron chi connectivity index (χ4n) is 1.51. The first-order valence-corrected chi connectivity index (χ1v) is 5.12. The van der Waals surface area contributed by atoms with Gasteiger partial charge in [0.2, 0.25) is 0 Å². The topological polar surface area (TPSA) is 77.8 Å². The van der Waals surface area contributed by atoms with Crippen LogP contribution in [0.1, 0.15) is 23.5 Å². The van der Waals surface area contributed by atoms with Gasteiger partial charge in [0, 0.05) is 12.4 Å². The standard InChI is InChI=1S/C12H14N4/c13-11(9-5-1-3-7-15-9)12(14)10-6-2-4-8-16-10/h1-8,11-12H,13-14H2/t11-,12+. The molecular formula is C12H14N4. The molecule has 2 aromatic heterocycles. The van der Waals surface area contributed by atoms with Crippen molar-refractivity contribution in [2.45, 2.75) is 12.1 Å². The van der Waals surface area contributed by atoms with Gasteiger partial charge in [-0.3, -0.25) is 9.97 Å². The molecule has 0 unspecified atom stereocenters. The number of rotatable bonds is 3. The molecule has 16 heavy (non-hydrogen) atoms. The van der Waals surface area contributed by atoms with Crippen LogP contribution < -0.4 is 11.5 Å². The molecule has 4 nitrogen and oxygen atoms in total. The number of nitrogens with zero attached hydrogens (tertiary/aromatic N) is 2. The van der Waals surface area contributed by atoms with E-state index in [1.165, 1.54) is 0 Å². The van der Waals surface area contributed by atoms with Crippen LogP contribution in [-0.2, 0) is 0 Å². The Labute approximate surface area is 94.3 Å². The summed E-state index contributed by atoms with van der Waals surface area (Å²) >= 11 is 0. The quantitative estimate of drug-likeness (QED) is 0.804. The van der Waals surface area contributed by atoms with E-state index in [1.54, 1.807) is 12.4 Å². The first kappa shape index (κ1) is 10.7. The van der Waals surface area contributed by atoms with Gasteiger partial charge in [-0.25, -0.2) is 0 Å². The first-order valence-electron chi connectivity index (χ1n) is 5.12. The fourth-order valence-corrected chi connectivity index (χ4v) is 1.51. The summed E-state index contributed by atoms with van der Waals surface area (Å²) in [6.07, 6.45) is 3.42. The van der Waals surface area contributed by atoms with E-state index in [0.29, 0.717) is 0 Å². The summed E-state index contributed by atoms with van der Waals surface area (Å²) in [5.74, 6) is 0. The average Bonchev–Trinajstić information content (AvgIpc) is 2.39. The van der Waals surface area contributed by atoms with Crippen molar-refractivity contribution >= 4 is 0 Å². The molecule has 0 bridgehead atoms. The van der Waals surface area contributed by atoms with Gasteiger partial charge in [-0.2, -0.15) is 0 Å². The van der Waals surface area contributed by atoms with Crippen molar-refractivity contribution in [3.05, 3.63) is 60.2 Å². The third kappa shape index (κ3) is 2.24. The maximum atomic E-state index is 6.04. The van der Waals surface area contributed by atoms with Crippen molar-refractivity contribution in [1.29, 1.82) is 0 Å². The van der Waals surface area contributed by atoms with Crippen LogP contribution in [0.15, 0.2) is 48.8 Å². The molecule has 2 heterocycles. The third-order valence-electron chi connectivity index (χ3n) is 2.45. The van der Waals surface area contributed by atoms with Crippen LogP contribution in [0, 0.1) is 0 Å². The molecule has 4 heteroatoms. The van der Waals surface area contributed by atoms with Crippen molar-refractivity contribution in [2.24, 2.45) is 11.5 Å². The normalized spacial score (nSPS) is 14.4. The van der Waals surface area contributed by atoms with Crippen LogP contribution in [-0.4, -0.2) is 9.97 Å². The molecule has 0 saturated carbocycles. The number of aromatic nitrogens is 2. The molecule has 4 N–H and O–H groups in total. The van der Waals surface area contributed by atoms with Crippen LogP contribution in [0.2, 0.25) is 0 Å². The van der Waals surface area contributed by atoms with Crippen LogP contribution >= 0.6 is 0 Å². The molecule has 2 rings (SSSR count). The van der Waals surface area contributed by atoms with Crippen LogP contribution in [0.4, 0.5) is 0 Å². The Hall–Kier alpha value is -1.78. The predicted octanol–water partition coefficient (Wildman–Crippen LogP) is 1.18. The number of nitrogens with two attached hydrogens (primary N) is 2. The summed E-state index contributed by atoms with van der Waals surface area (Å²) in [5.41, 5.74) is 13.6. The Morgan fingerprint density at radius 3 is 1.50 bits per heavy atom. The van der Waals surface area contributed by atoms with Gasteiger partial charge < -0.3 is 11.5 Å². The Balaban J connectivity index is 2.20. The molecular weight excluding hydrogens is 200 g/mol. The first-order chi connectivity index (χ1) is 7.79. The molecule has 2 atom stereocenters. The van der Waals surface area contributed by atoms with Crippen molar-refractivity contribution in [3.8, 4) is 0 Å². The molecule has 0 spiro atoms. The highest BCUT2D eigenvalue weighted by atomic mass is 14.9. The summed E-state index contributed by atoms with van der Waals surface area (Å²) in [6.45, 7) is 0. The van der Waals surface area contributed by atoms with Gasteiger partial charge in [0.25, 0.3) is 0 Å². The highest BCUT2D eigenvalue weighted by Crippen LogP contribution is 2.20. The van der Waals surface area contributed by atoms with E-state index < -0.39 is 0 Å². The van der Waals surface area contributed by atoms with E-state index in [2.05, 4.69) is 9.97 Å². The molecule has 0 saturated heterocycles. The zero-order chi connectivity index (χ0) is 11.4. The molecule has 0 amide bonds. The maximum absolute atomic E-state index is 6.04. The second kappa shape index (κ2) is 4.83. The lowest BCUT2D eigenvalue weighted by atomic mass is 10.0. The third-order valence-corrected chi connectivity index (χ3v) is 2.45. The Bertz CT molecular complexity index is 386. The lowest BCUT2D eigenvalue weighted by Gasteiger charge is -2.18. The van der Waals surface area contributed by atoms with E-state index in [0.717, 1.165) is 11.4 Å². The highest BCUT2D eigenvalue weighted by Gasteiger charge is 2.18. The predicted molar refractivity (Wildman–Crippen MR) is 62.3 cm³/mol. The van der Waals surface area contributed by atoms with Gasteiger partial charge in [-0.05, 0) is 24.3 Å². The van der Waals surface area contributed by atoms with E-state index in [4.69, 9.17) is 11.5 Å². The molecule has 0 fully saturated rings. The van der Waals surface area contributed by atoms with Gasteiger partial charge in [0.1, 0.15) is 0 Å². The maximum Gasteiger partial charge on any atom is 0.0681 e. The van der Waals surface area contributed by atoms with Gasteiger partial charge in [0.05, 0.1) is 23.5 Å². The second-order valence-corrected chi connectivity index (χ2v) is 3.56. The SMILES string of the molecule is N[C@H](c1ccccn1)[C@@H](N)c1ccccn1. The van der Waals surface area contributed by atoms with Crippen molar-refractivity contribution < 1.29 is 0 Å². The lowest BCUT2D eigenvalue weighted by Crippen LogP contribution is -2.27. The van der Waals surface area contributed by atoms with Crippen molar-refractivity contribution in [2.75, 3.05) is 0 Å². The summed E-state index contributed by atoms with van der Waals surface area (Å²) in [7, 11) is 0. The Kier molecular flexibility index (Phi) is 3.24. The van der Waals surface area contributed by atoms with Crippen LogP contribution in [0.5, 0.6) is 0 Å². The molecule has 0 aliphatic carbocycles. The zero-order valence-corrected chi connectivity index (χ0v) is 8.82. The second-order valence-electron chi connectivity index (χ2n) is 3.56. The molecule has 0 aromatic carbocycles. The Morgan fingerprint density at radius 1 is 0.750 bits per heavy atom. The van der Waals surface area contributed by atoms with Gasteiger partial charge in [-0.1, -0.05) is 12.1 Å². The minimum Gasteiger partial charge on any atom is -0.321 e. The zero-order valence-electron chi connectivity index (χ0n) is 8.82. The smallest absolute Gasteiger partial charge is 0.0681 e. The van der Waals surface area contributed by atoms with E-state index in [1.807, 2.05) is 36.4 Å². The van der Waals surface area contributed by atoms with Gasteiger partial charge >= 0.3 is 0 Å². The summed E-state index contributed by atoms with van der Waals surface area (Å²) in [5, 5.41) is 0. The van der Waals surface area contributed by atoms with Gasteiger partial charge in [0.15, 0.2) is 0 Å². The molecule has 0 radical (unpaired) electrons. The average molecular weight is 214 g/mol. The minimum absolute atomic E-state index is 0.337. The monoisotopic (exact) mass is 214 g/mol. The molecule has 2 aromatic rings. The summed E-state index contributed by atoms with van der Waals surface area (Å²) < 4.78 is 0. The molecule has 82 valence electrons. The van der Waals surface area contributed by atoms with Gasteiger partial charge in [-0.15, -0.1) is 0 Å². The van der Waals surface area contributed by atoms with Crippen LogP contribution in [0.25, 0.3) is 0 Å². The molecule has 0 aliphatic rings.